The molecule has 0 aliphatic carbocycles. The Morgan fingerprint density at radius 3 is 1.44 bits per heavy atom. The molecule has 8 aromatic carbocycles. The van der Waals surface area contributed by atoms with E-state index in [2.05, 4.69) is 175 Å². The van der Waals surface area contributed by atoms with Crippen molar-refractivity contribution in [3.05, 3.63) is 199 Å². The van der Waals surface area contributed by atoms with Crippen LogP contribution in [0.2, 0.25) is 0 Å². The Hall–Kier alpha value is -7.86. The molecule has 3 aromatic heterocycles. The summed E-state index contributed by atoms with van der Waals surface area (Å²) in [6.45, 7) is 16.4. The van der Waals surface area contributed by atoms with Crippen LogP contribution >= 0.6 is 0 Å². The van der Waals surface area contributed by atoms with Crippen molar-refractivity contribution in [2.24, 2.45) is 0 Å². The Balaban J connectivity index is 1.25. The van der Waals surface area contributed by atoms with Crippen molar-refractivity contribution < 1.29 is 0 Å². The fourth-order valence-corrected chi connectivity index (χ4v) is 8.87. The molecule has 0 atom stereocenters. The van der Waals surface area contributed by atoms with Crippen molar-refractivity contribution in [3.8, 4) is 28.2 Å². The van der Waals surface area contributed by atoms with Crippen LogP contribution in [0.15, 0.2) is 176 Å². The highest BCUT2D eigenvalue weighted by molar-refractivity contribution is 6.17. The third-order valence-electron chi connectivity index (χ3n) is 11.1. The number of hydrogen-bond acceptors (Lipinski definition) is 0. The smallest absolute Gasteiger partial charge is 0.211 e. The van der Waals surface area contributed by atoms with Gasteiger partial charge < -0.3 is 13.7 Å². The number of fused-ring (bicyclic) bond motifs is 9. The van der Waals surface area contributed by atoms with Crippen molar-refractivity contribution in [2.75, 3.05) is 0 Å². The maximum absolute atomic E-state index is 8.40. The fourth-order valence-electron chi connectivity index (χ4n) is 8.87. The van der Waals surface area contributed by atoms with Crippen LogP contribution in [-0.2, 0) is 0 Å². The molecule has 0 spiro atoms. The topological polar surface area (TPSA) is 23.5 Å². The summed E-state index contributed by atoms with van der Waals surface area (Å²) >= 11 is 0. The van der Waals surface area contributed by atoms with Crippen LogP contribution in [0.25, 0.3) is 103 Å². The van der Waals surface area contributed by atoms with E-state index < -0.39 is 0 Å². The highest BCUT2D eigenvalue weighted by Gasteiger charge is 2.24. The molecule has 0 amide bonds. The zero-order valence-corrected chi connectivity index (χ0v) is 29.5. The maximum Gasteiger partial charge on any atom is 0.211 e. The predicted molar refractivity (Wildman–Crippen MR) is 227 cm³/mol. The first-order valence-electron chi connectivity index (χ1n) is 18.3. The van der Waals surface area contributed by atoms with E-state index in [9.17, 15) is 0 Å². The van der Waals surface area contributed by atoms with Gasteiger partial charge in [-0.25, -0.2) is 9.69 Å². The zero-order chi connectivity index (χ0) is 36.6. The largest absolute Gasteiger partial charge is 0.318 e. The minimum Gasteiger partial charge on any atom is -0.318 e. The highest BCUT2D eigenvalue weighted by Crippen LogP contribution is 2.45. The molecular formula is C50H29N5. The van der Waals surface area contributed by atoms with Gasteiger partial charge in [-0.2, -0.15) is 0 Å². The Bertz CT molecular complexity index is 3360. The van der Waals surface area contributed by atoms with Gasteiger partial charge in [0.05, 0.1) is 63.3 Å². The summed E-state index contributed by atoms with van der Waals surface area (Å²) < 4.78 is 6.97. The van der Waals surface area contributed by atoms with E-state index in [4.69, 9.17) is 13.1 Å². The molecule has 0 N–H and O–H groups in total. The zero-order valence-electron chi connectivity index (χ0n) is 29.5. The molecule has 3 heterocycles. The second-order valence-electron chi connectivity index (χ2n) is 13.9. The average molecular weight is 700 g/mol. The van der Waals surface area contributed by atoms with Crippen LogP contribution in [0.4, 0.5) is 11.4 Å². The minimum absolute atomic E-state index is 0.580. The first-order valence-corrected chi connectivity index (χ1v) is 18.3. The molecule has 55 heavy (non-hydrogen) atoms. The van der Waals surface area contributed by atoms with E-state index in [1.807, 2.05) is 24.3 Å². The average Bonchev–Trinajstić information content (AvgIpc) is 3.89. The summed E-state index contributed by atoms with van der Waals surface area (Å²) in [6, 6.07) is 61.1. The van der Waals surface area contributed by atoms with Gasteiger partial charge in [-0.05, 0) is 65.5 Å². The second kappa shape index (κ2) is 11.8. The van der Waals surface area contributed by atoms with Gasteiger partial charge in [0.1, 0.15) is 0 Å². The van der Waals surface area contributed by atoms with Crippen LogP contribution in [-0.4, -0.2) is 13.7 Å². The van der Waals surface area contributed by atoms with Crippen LogP contribution in [0, 0.1) is 13.1 Å². The van der Waals surface area contributed by atoms with Gasteiger partial charge in [0.25, 0.3) is 0 Å². The molecule has 0 fully saturated rings. The minimum atomic E-state index is 0.580. The quantitative estimate of drug-likeness (QED) is 0.163. The van der Waals surface area contributed by atoms with Gasteiger partial charge in [-0.1, -0.05) is 121 Å². The summed E-state index contributed by atoms with van der Waals surface area (Å²) in [5.74, 6) is 0. The van der Waals surface area contributed by atoms with Crippen molar-refractivity contribution in [3.63, 3.8) is 0 Å². The number of benzene rings is 8. The number of nitrogens with zero attached hydrogens (tertiary/aromatic N) is 5. The fraction of sp³-hybridized carbons (Fsp3) is 0. The van der Waals surface area contributed by atoms with Crippen molar-refractivity contribution in [1.82, 2.24) is 13.7 Å². The lowest BCUT2D eigenvalue weighted by atomic mass is 9.99. The number of hydrogen-bond donors (Lipinski definition) is 0. The van der Waals surface area contributed by atoms with E-state index in [1.54, 1.807) is 0 Å². The standard InChI is InChI=1S/C50H29N5/c1-51-32-29-30-46-39(31-32)49-47(53-41-22-8-3-15-33(41)34-16-4-9-23-42(34)53)27-14-28-48(49)54(46)43-24-10-7-19-37(43)38-20-13-21-40(52-2)50(38)55-44-25-11-5-17-35(44)36-18-6-12-26-45(36)55/h3-31H. The number of rotatable bonds is 4. The van der Waals surface area contributed by atoms with E-state index in [-0.39, 0.29) is 0 Å². The second-order valence-corrected chi connectivity index (χ2v) is 13.9. The highest BCUT2D eigenvalue weighted by atomic mass is 15.0. The molecule has 0 aliphatic rings. The molecule has 5 heteroatoms. The van der Waals surface area contributed by atoms with Crippen molar-refractivity contribution in [1.29, 1.82) is 0 Å². The number of aromatic nitrogens is 3. The third-order valence-corrected chi connectivity index (χ3v) is 11.1. The molecule has 0 radical (unpaired) electrons. The van der Waals surface area contributed by atoms with Gasteiger partial charge >= 0.3 is 0 Å². The summed E-state index contributed by atoms with van der Waals surface area (Å²) in [6.07, 6.45) is 0. The molecule has 0 bridgehead atoms. The van der Waals surface area contributed by atoms with E-state index in [0.29, 0.717) is 11.4 Å². The van der Waals surface area contributed by atoms with E-state index >= 15 is 0 Å². The summed E-state index contributed by atoms with van der Waals surface area (Å²) in [4.78, 5) is 8.00. The molecule has 11 aromatic rings. The van der Waals surface area contributed by atoms with Crippen LogP contribution < -0.4 is 0 Å². The Kier molecular flexibility index (Phi) is 6.61. The molecule has 11 rings (SSSR count). The first-order chi connectivity index (χ1) is 27.2. The van der Waals surface area contributed by atoms with Crippen LogP contribution in [0.3, 0.4) is 0 Å². The third kappa shape index (κ3) is 4.33. The lowest BCUT2D eigenvalue weighted by Crippen LogP contribution is -2.02. The normalized spacial score (nSPS) is 11.6. The maximum atomic E-state index is 8.40. The molecular weight excluding hydrogens is 671 g/mol. The Morgan fingerprint density at radius 2 is 0.818 bits per heavy atom. The SMILES string of the molecule is [C-]#[N+]c1ccc2c(c1)c1c(-n3c4ccccc4c4ccccc43)cccc1n2-c1ccccc1-c1cccc([N+]#[C-])c1-n1c2ccccc2c2ccccc21. The van der Waals surface area contributed by atoms with Crippen molar-refractivity contribution in [2.45, 2.75) is 0 Å². The van der Waals surface area contributed by atoms with Gasteiger partial charge in [-0.15, -0.1) is 0 Å². The number of para-hydroxylation sites is 6. The molecule has 0 saturated heterocycles. The Morgan fingerprint density at radius 1 is 0.345 bits per heavy atom. The monoisotopic (exact) mass is 699 g/mol. The van der Waals surface area contributed by atoms with Crippen molar-refractivity contribution >= 4 is 76.8 Å². The molecule has 254 valence electrons. The van der Waals surface area contributed by atoms with Gasteiger partial charge in [0, 0.05) is 32.5 Å². The van der Waals surface area contributed by atoms with Gasteiger partial charge in [0.2, 0.25) is 5.69 Å². The van der Waals surface area contributed by atoms with Crippen LogP contribution in [0.5, 0.6) is 0 Å². The molecule has 5 nitrogen and oxygen atoms in total. The predicted octanol–water partition coefficient (Wildman–Crippen LogP) is 13.7. The lowest BCUT2D eigenvalue weighted by molar-refractivity contribution is 1.16. The molecule has 0 saturated carbocycles. The van der Waals surface area contributed by atoms with Gasteiger partial charge in [0.15, 0.2) is 5.69 Å². The van der Waals surface area contributed by atoms with Gasteiger partial charge in [-0.3, -0.25) is 0 Å². The first kappa shape index (κ1) is 30.7. The summed E-state index contributed by atoms with van der Waals surface area (Å²) in [5, 5.41) is 6.77. The lowest BCUT2D eigenvalue weighted by Gasteiger charge is -2.19. The van der Waals surface area contributed by atoms with Crippen LogP contribution in [0.1, 0.15) is 0 Å². The van der Waals surface area contributed by atoms with E-state index in [0.717, 1.165) is 82.8 Å². The summed E-state index contributed by atoms with van der Waals surface area (Å²) in [5.41, 5.74) is 12.4. The molecule has 0 unspecified atom stereocenters. The summed E-state index contributed by atoms with van der Waals surface area (Å²) in [7, 11) is 0. The van der Waals surface area contributed by atoms with E-state index in [1.165, 1.54) is 10.8 Å². The molecule has 0 aliphatic heterocycles. The Labute approximate surface area is 316 Å².